The van der Waals surface area contributed by atoms with E-state index in [0.29, 0.717) is 6.04 Å². The van der Waals surface area contributed by atoms with Gasteiger partial charge in [0, 0.05) is 38.3 Å². The van der Waals surface area contributed by atoms with Crippen LogP contribution in [0.5, 0.6) is 0 Å². The Hall–Kier alpha value is -0.900. The molecule has 2 rings (SSSR count). The van der Waals surface area contributed by atoms with Gasteiger partial charge in [-0.2, -0.15) is 0 Å². The van der Waals surface area contributed by atoms with Gasteiger partial charge in [-0.05, 0) is 19.4 Å². The number of nitrogens with one attached hydrogen (secondary N) is 1. The van der Waals surface area contributed by atoms with Gasteiger partial charge >= 0.3 is 0 Å². The van der Waals surface area contributed by atoms with E-state index in [2.05, 4.69) is 54.4 Å². The molecule has 100 valence electrons. The van der Waals surface area contributed by atoms with Crippen LogP contribution >= 0.6 is 0 Å². The number of hydrogen-bond donors (Lipinski definition) is 1. The number of benzene rings is 1. The Morgan fingerprint density at radius 2 is 2.06 bits per heavy atom. The van der Waals surface area contributed by atoms with Crippen molar-refractivity contribution < 1.29 is 4.74 Å². The zero-order valence-electron chi connectivity index (χ0n) is 11.6. The summed E-state index contributed by atoms with van der Waals surface area (Å²) in [6, 6.07) is 11.1. The molecule has 3 nitrogen and oxygen atoms in total. The molecule has 1 fully saturated rings. The molecule has 1 saturated heterocycles. The SMILES string of the molecule is COCC1CN(Cc2ccccc2)CC(C)(C)N1. The molecule has 0 spiro atoms. The third-order valence-electron chi connectivity index (χ3n) is 3.31. The normalized spacial score (nSPS) is 24.1. The zero-order chi connectivity index (χ0) is 13.0. The number of rotatable bonds is 4. The fraction of sp³-hybridized carbons (Fsp3) is 0.600. The fourth-order valence-electron chi connectivity index (χ4n) is 2.84. The molecule has 1 unspecified atom stereocenters. The number of hydrogen-bond acceptors (Lipinski definition) is 3. The first-order valence-electron chi connectivity index (χ1n) is 6.62. The lowest BCUT2D eigenvalue weighted by atomic mass is 9.98. The zero-order valence-corrected chi connectivity index (χ0v) is 11.6. The van der Waals surface area contributed by atoms with Crippen molar-refractivity contribution in [1.82, 2.24) is 10.2 Å². The van der Waals surface area contributed by atoms with Crippen molar-refractivity contribution in [1.29, 1.82) is 0 Å². The maximum Gasteiger partial charge on any atom is 0.0628 e. The topological polar surface area (TPSA) is 24.5 Å². The molecule has 0 aliphatic carbocycles. The Labute approximate surface area is 110 Å². The van der Waals surface area contributed by atoms with Crippen molar-refractivity contribution in [2.45, 2.75) is 32.0 Å². The summed E-state index contributed by atoms with van der Waals surface area (Å²) < 4.78 is 5.28. The smallest absolute Gasteiger partial charge is 0.0628 e. The minimum atomic E-state index is 0.149. The Kier molecular flexibility index (Phi) is 4.38. The Bertz CT molecular complexity index is 364. The molecular formula is C15H24N2O. The van der Waals surface area contributed by atoms with E-state index < -0.39 is 0 Å². The van der Waals surface area contributed by atoms with Crippen LogP contribution in [0.3, 0.4) is 0 Å². The first kappa shape index (κ1) is 13.5. The molecule has 0 saturated carbocycles. The van der Waals surface area contributed by atoms with Crippen LogP contribution in [-0.4, -0.2) is 43.3 Å². The highest BCUT2D eigenvalue weighted by Crippen LogP contribution is 2.16. The van der Waals surface area contributed by atoms with Crippen LogP contribution in [0.1, 0.15) is 19.4 Å². The highest BCUT2D eigenvalue weighted by atomic mass is 16.5. The molecule has 1 atom stereocenters. The molecule has 1 aliphatic rings. The number of methoxy groups -OCH3 is 1. The second-order valence-electron chi connectivity index (χ2n) is 5.84. The Balaban J connectivity index is 1.99. The predicted octanol–water partition coefficient (Wildman–Crippen LogP) is 1.89. The van der Waals surface area contributed by atoms with E-state index in [0.717, 1.165) is 26.2 Å². The van der Waals surface area contributed by atoms with Crippen LogP contribution in [0, 0.1) is 0 Å². The lowest BCUT2D eigenvalue weighted by Crippen LogP contribution is -2.62. The largest absolute Gasteiger partial charge is 0.383 e. The summed E-state index contributed by atoms with van der Waals surface area (Å²) in [4.78, 5) is 2.51. The van der Waals surface area contributed by atoms with Crippen LogP contribution in [0.15, 0.2) is 30.3 Å². The third kappa shape index (κ3) is 3.80. The van der Waals surface area contributed by atoms with Gasteiger partial charge in [0.2, 0.25) is 0 Å². The van der Waals surface area contributed by atoms with Crippen molar-refractivity contribution in [3.05, 3.63) is 35.9 Å². The molecule has 1 N–H and O–H groups in total. The number of piperazine rings is 1. The van der Waals surface area contributed by atoms with Crippen molar-refractivity contribution in [2.24, 2.45) is 0 Å². The van der Waals surface area contributed by atoms with E-state index in [1.807, 2.05) is 0 Å². The van der Waals surface area contributed by atoms with E-state index in [1.54, 1.807) is 7.11 Å². The third-order valence-corrected chi connectivity index (χ3v) is 3.31. The van der Waals surface area contributed by atoms with Gasteiger partial charge in [0.25, 0.3) is 0 Å². The lowest BCUT2D eigenvalue weighted by Gasteiger charge is -2.43. The van der Waals surface area contributed by atoms with Crippen molar-refractivity contribution >= 4 is 0 Å². The van der Waals surface area contributed by atoms with E-state index in [-0.39, 0.29) is 5.54 Å². The first-order chi connectivity index (χ1) is 8.59. The summed E-state index contributed by atoms with van der Waals surface area (Å²) in [5.74, 6) is 0. The van der Waals surface area contributed by atoms with Crippen LogP contribution in [0.25, 0.3) is 0 Å². The van der Waals surface area contributed by atoms with Crippen LogP contribution in [0.2, 0.25) is 0 Å². The van der Waals surface area contributed by atoms with Crippen molar-refractivity contribution in [3.8, 4) is 0 Å². The second-order valence-corrected chi connectivity index (χ2v) is 5.84. The van der Waals surface area contributed by atoms with E-state index in [9.17, 15) is 0 Å². The van der Waals surface area contributed by atoms with Crippen molar-refractivity contribution in [3.63, 3.8) is 0 Å². The van der Waals surface area contributed by atoms with Crippen LogP contribution in [-0.2, 0) is 11.3 Å². The number of nitrogens with zero attached hydrogens (tertiary/aromatic N) is 1. The molecule has 3 heteroatoms. The fourth-order valence-corrected chi connectivity index (χ4v) is 2.84. The molecule has 0 aromatic heterocycles. The van der Waals surface area contributed by atoms with E-state index in [1.165, 1.54) is 5.56 Å². The molecule has 0 amide bonds. The van der Waals surface area contributed by atoms with Gasteiger partial charge in [-0.3, -0.25) is 4.90 Å². The Morgan fingerprint density at radius 1 is 1.33 bits per heavy atom. The molecular weight excluding hydrogens is 224 g/mol. The quantitative estimate of drug-likeness (QED) is 0.880. The second kappa shape index (κ2) is 5.83. The summed E-state index contributed by atoms with van der Waals surface area (Å²) in [6.45, 7) is 8.43. The summed E-state index contributed by atoms with van der Waals surface area (Å²) in [7, 11) is 1.77. The van der Waals surface area contributed by atoms with Gasteiger partial charge in [0.05, 0.1) is 6.61 Å². The molecule has 1 aliphatic heterocycles. The maximum absolute atomic E-state index is 5.28. The van der Waals surface area contributed by atoms with Gasteiger partial charge in [-0.1, -0.05) is 30.3 Å². The van der Waals surface area contributed by atoms with Crippen LogP contribution in [0.4, 0.5) is 0 Å². The molecule has 0 bridgehead atoms. The van der Waals surface area contributed by atoms with Gasteiger partial charge in [-0.25, -0.2) is 0 Å². The summed E-state index contributed by atoms with van der Waals surface area (Å²) >= 11 is 0. The van der Waals surface area contributed by atoms with Crippen molar-refractivity contribution in [2.75, 3.05) is 26.8 Å². The summed E-state index contributed by atoms with van der Waals surface area (Å²) in [5, 5.41) is 3.64. The molecule has 1 aromatic rings. The minimum Gasteiger partial charge on any atom is -0.383 e. The van der Waals surface area contributed by atoms with Gasteiger partial charge < -0.3 is 10.1 Å². The Morgan fingerprint density at radius 3 is 2.72 bits per heavy atom. The van der Waals surface area contributed by atoms with Gasteiger partial charge in [0.15, 0.2) is 0 Å². The first-order valence-corrected chi connectivity index (χ1v) is 6.62. The van der Waals surface area contributed by atoms with Gasteiger partial charge in [0.1, 0.15) is 0 Å². The standard InChI is InChI=1S/C15H24N2O/c1-15(2)12-17(10-14(16-15)11-18-3)9-13-7-5-4-6-8-13/h4-8,14,16H,9-12H2,1-3H3. The average molecular weight is 248 g/mol. The maximum atomic E-state index is 5.28. The average Bonchev–Trinajstić information content (AvgIpc) is 2.28. The molecule has 18 heavy (non-hydrogen) atoms. The highest BCUT2D eigenvalue weighted by molar-refractivity contribution is 5.14. The number of ether oxygens (including phenoxy) is 1. The van der Waals surface area contributed by atoms with E-state index >= 15 is 0 Å². The van der Waals surface area contributed by atoms with E-state index in [4.69, 9.17) is 4.74 Å². The van der Waals surface area contributed by atoms with Crippen LogP contribution < -0.4 is 5.32 Å². The molecule has 1 aromatic carbocycles. The highest BCUT2D eigenvalue weighted by Gasteiger charge is 2.31. The lowest BCUT2D eigenvalue weighted by molar-refractivity contribution is 0.0654. The summed E-state index contributed by atoms with van der Waals surface area (Å²) in [6.07, 6.45) is 0. The molecule has 0 radical (unpaired) electrons. The minimum absolute atomic E-state index is 0.149. The molecule has 1 heterocycles. The monoisotopic (exact) mass is 248 g/mol. The van der Waals surface area contributed by atoms with Gasteiger partial charge in [-0.15, -0.1) is 0 Å². The summed E-state index contributed by atoms with van der Waals surface area (Å²) in [5.41, 5.74) is 1.53. The predicted molar refractivity (Wildman–Crippen MR) is 74.6 cm³/mol.